The molecule has 8 nitrogen and oxygen atoms in total. The minimum absolute atomic E-state index is 0.193. The second-order valence-electron chi connectivity index (χ2n) is 7.90. The quantitative estimate of drug-likeness (QED) is 0.432. The molecule has 2 heterocycles. The first-order chi connectivity index (χ1) is 16.4. The number of pyridine rings is 1. The number of benzene rings is 2. The lowest BCUT2D eigenvalue weighted by molar-refractivity contribution is 0.0951. The third kappa shape index (κ3) is 5.29. The van der Waals surface area contributed by atoms with Crippen LogP contribution in [0.1, 0.15) is 27.0 Å². The van der Waals surface area contributed by atoms with Gasteiger partial charge in [0.25, 0.3) is 11.5 Å². The molecule has 4 aromatic rings. The molecule has 0 saturated heterocycles. The van der Waals surface area contributed by atoms with Gasteiger partial charge in [0.2, 0.25) is 0 Å². The van der Waals surface area contributed by atoms with Crippen molar-refractivity contribution >= 4 is 17.3 Å². The first-order valence-corrected chi connectivity index (χ1v) is 10.8. The van der Waals surface area contributed by atoms with Crippen molar-refractivity contribution in [3.8, 4) is 11.5 Å². The molecule has 0 radical (unpaired) electrons. The number of carbonyl (C=O) groups is 1. The molecule has 0 unspecified atom stereocenters. The number of aryl methyl sites for hydroxylation is 3. The van der Waals surface area contributed by atoms with Crippen LogP contribution in [0.15, 0.2) is 78.0 Å². The van der Waals surface area contributed by atoms with Crippen LogP contribution >= 0.6 is 0 Å². The van der Waals surface area contributed by atoms with Gasteiger partial charge >= 0.3 is 0 Å². The molecule has 0 atom stereocenters. The Bertz CT molecular complexity index is 1370. The van der Waals surface area contributed by atoms with Gasteiger partial charge in [0.15, 0.2) is 11.4 Å². The molecule has 2 N–H and O–H groups in total. The maximum absolute atomic E-state index is 12.8. The zero-order valence-electron chi connectivity index (χ0n) is 19.2. The molecular formula is C26H25N5O3. The third-order valence-corrected chi connectivity index (χ3v) is 5.43. The van der Waals surface area contributed by atoms with E-state index in [4.69, 9.17) is 4.74 Å². The molecule has 2 aromatic heterocycles. The fraction of sp³-hybridized carbons (Fsp3) is 0.154. The van der Waals surface area contributed by atoms with Crippen molar-refractivity contribution in [1.82, 2.24) is 20.1 Å². The predicted molar refractivity (Wildman–Crippen MR) is 131 cm³/mol. The average molecular weight is 456 g/mol. The highest BCUT2D eigenvalue weighted by Crippen LogP contribution is 2.29. The maximum atomic E-state index is 12.8. The van der Waals surface area contributed by atoms with Crippen molar-refractivity contribution in [3.05, 3.63) is 106 Å². The van der Waals surface area contributed by atoms with E-state index < -0.39 is 0 Å². The molecular weight excluding hydrogens is 430 g/mol. The SMILES string of the molecule is Cc1ccc(Oc2cnn(C)c(=O)c2Nc2ccc(C(=O)NCc3ccncc3)cc2)cc1C. The smallest absolute Gasteiger partial charge is 0.294 e. The minimum Gasteiger partial charge on any atom is -0.453 e. The highest BCUT2D eigenvalue weighted by atomic mass is 16.5. The van der Waals surface area contributed by atoms with Crippen molar-refractivity contribution in [2.75, 3.05) is 5.32 Å². The molecule has 0 aliphatic carbocycles. The number of hydrogen-bond donors (Lipinski definition) is 2. The lowest BCUT2D eigenvalue weighted by atomic mass is 10.1. The van der Waals surface area contributed by atoms with Crippen LogP contribution in [0.4, 0.5) is 11.4 Å². The fourth-order valence-electron chi connectivity index (χ4n) is 3.25. The third-order valence-electron chi connectivity index (χ3n) is 5.43. The Morgan fingerprint density at radius 3 is 2.44 bits per heavy atom. The van der Waals surface area contributed by atoms with Crippen LogP contribution < -0.4 is 20.9 Å². The zero-order chi connectivity index (χ0) is 24.1. The van der Waals surface area contributed by atoms with Gasteiger partial charge in [0.1, 0.15) is 5.75 Å². The molecule has 0 saturated carbocycles. The van der Waals surface area contributed by atoms with Crippen LogP contribution in [-0.4, -0.2) is 20.7 Å². The number of ether oxygens (including phenoxy) is 1. The second-order valence-corrected chi connectivity index (χ2v) is 7.90. The van der Waals surface area contributed by atoms with Crippen molar-refractivity contribution < 1.29 is 9.53 Å². The summed E-state index contributed by atoms with van der Waals surface area (Å²) in [5.41, 5.74) is 4.27. The van der Waals surface area contributed by atoms with E-state index in [1.807, 2.05) is 44.2 Å². The number of carbonyl (C=O) groups excluding carboxylic acids is 1. The summed E-state index contributed by atoms with van der Waals surface area (Å²) in [5.74, 6) is 0.731. The Kier molecular flexibility index (Phi) is 6.68. The van der Waals surface area contributed by atoms with E-state index in [1.54, 1.807) is 43.7 Å². The molecule has 4 rings (SSSR count). The molecule has 1 amide bonds. The van der Waals surface area contributed by atoms with E-state index in [1.165, 1.54) is 10.9 Å². The van der Waals surface area contributed by atoms with Gasteiger partial charge in [-0.1, -0.05) is 6.07 Å². The topological polar surface area (TPSA) is 98.1 Å². The highest BCUT2D eigenvalue weighted by Gasteiger charge is 2.14. The zero-order valence-corrected chi connectivity index (χ0v) is 19.2. The van der Waals surface area contributed by atoms with Crippen LogP contribution in [0.5, 0.6) is 11.5 Å². The van der Waals surface area contributed by atoms with E-state index in [0.717, 1.165) is 16.7 Å². The highest BCUT2D eigenvalue weighted by molar-refractivity contribution is 5.94. The fourth-order valence-corrected chi connectivity index (χ4v) is 3.25. The number of rotatable bonds is 7. The van der Waals surface area contributed by atoms with Crippen molar-refractivity contribution in [1.29, 1.82) is 0 Å². The summed E-state index contributed by atoms with van der Waals surface area (Å²) in [6.07, 6.45) is 4.87. The normalized spacial score (nSPS) is 10.6. The Balaban J connectivity index is 1.50. The lowest BCUT2D eigenvalue weighted by Gasteiger charge is -2.14. The number of nitrogens with zero attached hydrogens (tertiary/aromatic N) is 3. The summed E-state index contributed by atoms with van der Waals surface area (Å²) in [5, 5.41) is 10.1. The molecule has 34 heavy (non-hydrogen) atoms. The van der Waals surface area contributed by atoms with E-state index in [-0.39, 0.29) is 17.2 Å². The summed E-state index contributed by atoms with van der Waals surface area (Å²) in [6, 6.07) is 16.3. The number of aromatic nitrogens is 3. The van der Waals surface area contributed by atoms with Crippen molar-refractivity contribution in [3.63, 3.8) is 0 Å². The molecule has 8 heteroatoms. The van der Waals surface area contributed by atoms with Crippen molar-refractivity contribution in [2.24, 2.45) is 7.05 Å². The summed E-state index contributed by atoms with van der Waals surface area (Å²) in [7, 11) is 1.57. The van der Waals surface area contributed by atoms with Gasteiger partial charge in [0.05, 0.1) is 6.20 Å². The molecule has 172 valence electrons. The van der Waals surface area contributed by atoms with Gasteiger partial charge in [-0.3, -0.25) is 14.6 Å². The van der Waals surface area contributed by atoms with Crippen molar-refractivity contribution in [2.45, 2.75) is 20.4 Å². The first-order valence-electron chi connectivity index (χ1n) is 10.8. The molecule has 0 fully saturated rings. The second kappa shape index (κ2) is 9.99. The lowest BCUT2D eigenvalue weighted by Crippen LogP contribution is -2.23. The Hall–Kier alpha value is -4.46. The summed E-state index contributed by atoms with van der Waals surface area (Å²) < 4.78 is 7.22. The summed E-state index contributed by atoms with van der Waals surface area (Å²) >= 11 is 0. The largest absolute Gasteiger partial charge is 0.453 e. The monoisotopic (exact) mass is 455 g/mol. The average Bonchev–Trinajstić information content (AvgIpc) is 2.85. The number of nitrogens with one attached hydrogen (secondary N) is 2. The van der Waals surface area contributed by atoms with Crippen LogP contribution in [0.2, 0.25) is 0 Å². The van der Waals surface area contributed by atoms with Crippen LogP contribution in [-0.2, 0) is 13.6 Å². The standard InChI is InChI=1S/C26H25N5O3/c1-17-4-9-22(14-18(17)2)34-23-16-29-31(3)26(33)24(23)30-21-7-5-20(6-8-21)25(32)28-15-19-10-12-27-13-11-19/h4-14,16,30H,15H2,1-3H3,(H,28,32). The molecule has 0 aliphatic heterocycles. The van der Waals surface area contributed by atoms with Gasteiger partial charge in [-0.2, -0.15) is 5.10 Å². The Labute approximate surface area is 197 Å². The Morgan fingerprint density at radius 2 is 1.74 bits per heavy atom. The maximum Gasteiger partial charge on any atom is 0.294 e. The molecule has 0 aliphatic rings. The van der Waals surface area contributed by atoms with Gasteiger partial charge in [0, 0.05) is 37.2 Å². The van der Waals surface area contributed by atoms with E-state index in [9.17, 15) is 9.59 Å². The molecule has 0 bridgehead atoms. The summed E-state index contributed by atoms with van der Waals surface area (Å²) in [6.45, 7) is 4.43. The first kappa shape index (κ1) is 22.7. The minimum atomic E-state index is -0.333. The van der Waals surface area contributed by atoms with Gasteiger partial charge < -0.3 is 15.4 Å². The van der Waals surface area contributed by atoms with E-state index in [0.29, 0.717) is 29.3 Å². The number of hydrogen-bond acceptors (Lipinski definition) is 6. The van der Waals surface area contributed by atoms with E-state index >= 15 is 0 Å². The number of anilines is 2. The van der Waals surface area contributed by atoms with E-state index in [2.05, 4.69) is 20.7 Å². The predicted octanol–water partition coefficient (Wildman–Crippen LogP) is 4.26. The van der Waals surface area contributed by atoms with Gasteiger partial charge in [-0.25, -0.2) is 4.68 Å². The Morgan fingerprint density at radius 1 is 1.00 bits per heavy atom. The van der Waals surface area contributed by atoms with Gasteiger partial charge in [-0.05, 0) is 79.1 Å². The summed E-state index contributed by atoms with van der Waals surface area (Å²) in [4.78, 5) is 29.2. The number of amides is 1. The van der Waals surface area contributed by atoms with Crippen LogP contribution in [0.3, 0.4) is 0 Å². The molecule has 2 aromatic carbocycles. The van der Waals surface area contributed by atoms with Crippen LogP contribution in [0, 0.1) is 13.8 Å². The van der Waals surface area contributed by atoms with Gasteiger partial charge in [-0.15, -0.1) is 0 Å². The van der Waals surface area contributed by atoms with Crippen LogP contribution in [0.25, 0.3) is 0 Å². The molecule has 0 spiro atoms.